The molecule has 1 amide bonds. The lowest BCUT2D eigenvalue weighted by Crippen LogP contribution is -2.43. The molecular weight excluding hydrogens is 276 g/mol. The van der Waals surface area contributed by atoms with Gasteiger partial charge in [0.1, 0.15) is 12.4 Å². The standard InChI is InChI=1S/C15H21ClN2O2/c1-3-17-10(2)8-18-15(19)12-6-11-7-13(16)4-5-14(11)20-9-12/h4-5,7,10,12,17H,3,6,8-9H2,1-2H3,(H,18,19)/t10-,12?/m1/s1. The molecule has 2 atom stereocenters. The zero-order chi connectivity index (χ0) is 14.5. The summed E-state index contributed by atoms with van der Waals surface area (Å²) in [5.41, 5.74) is 1.00. The maximum Gasteiger partial charge on any atom is 0.226 e. The molecule has 1 aliphatic heterocycles. The number of carbonyl (C=O) groups is 1. The number of amides is 1. The van der Waals surface area contributed by atoms with Crippen LogP contribution in [0.1, 0.15) is 19.4 Å². The molecule has 1 aromatic rings. The van der Waals surface area contributed by atoms with E-state index in [2.05, 4.69) is 17.6 Å². The van der Waals surface area contributed by atoms with Gasteiger partial charge < -0.3 is 15.4 Å². The number of nitrogens with one attached hydrogen (secondary N) is 2. The van der Waals surface area contributed by atoms with Gasteiger partial charge in [0, 0.05) is 17.6 Å². The van der Waals surface area contributed by atoms with Crippen LogP contribution in [0.4, 0.5) is 0 Å². The van der Waals surface area contributed by atoms with Crippen LogP contribution in [0, 0.1) is 5.92 Å². The highest BCUT2D eigenvalue weighted by Gasteiger charge is 2.26. The Hall–Kier alpha value is -1.26. The molecule has 2 N–H and O–H groups in total. The number of carbonyl (C=O) groups excluding carboxylic acids is 1. The average molecular weight is 297 g/mol. The second-order valence-corrected chi connectivity index (χ2v) is 5.60. The molecule has 5 heteroatoms. The summed E-state index contributed by atoms with van der Waals surface area (Å²) in [6.07, 6.45) is 0.678. The number of fused-ring (bicyclic) bond motifs is 1. The number of likely N-dealkylation sites (N-methyl/N-ethyl adjacent to an activating group) is 1. The molecule has 110 valence electrons. The van der Waals surface area contributed by atoms with E-state index in [1.807, 2.05) is 19.1 Å². The van der Waals surface area contributed by atoms with Gasteiger partial charge in [0.25, 0.3) is 0 Å². The van der Waals surface area contributed by atoms with Crippen LogP contribution in [-0.4, -0.2) is 31.6 Å². The minimum Gasteiger partial charge on any atom is -0.492 e. The maximum absolute atomic E-state index is 12.1. The van der Waals surface area contributed by atoms with Crippen molar-refractivity contribution in [3.05, 3.63) is 28.8 Å². The average Bonchev–Trinajstić information content (AvgIpc) is 2.44. The van der Waals surface area contributed by atoms with Gasteiger partial charge in [-0.15, -0.1) is 0 Å². The summed E-state index contributed by atoms with van der Waals surface area (Å²) < 4.78 is 5.63. The van der Waals surface area contributed by atoms with Crippen molar-refractivity contribution in [3.8, 4) is 5.75 Å². The zero-order valence-electron chi connectivity index (χ0n) is 11.9. The lowest BCUT2D eigenvalue weighted by atomic mass is 9.96. The Bertz CT molecular complexity index is 479. The first kappa shape index (κ1) is 15.1. The van der Waals surface area contributed by atoms with Crippen LogP contribution in [0.5, 0.6) is 5.75 Å². The van der Waals surface area contributed by atoms with Crippen molar-refractivity contribution in [3.63, 3.8) is 0 Å². The lowest BCUT2D eigenvalue weighted by Gasteiger charge is -2.25. The lowest BCUT2D eigenvalue weighted by molar-refractivity contribution is -0.126. The maximum atomic E-state index is 12.1. The van der Waals surface area contributed by atoms with Gasteiger partial charge in [-0.2, -0.15) is 0 Å². The van der Waals surface area contributed by atoms with Crippen molar-refractivity contribution in [2.45, 2.75) is 26.3 Å². The quantitative estimate of drug-likeness (QED) is 0.874. The SMILES string of the molecule is CCN[C@H](C)CNC(=O)C1COc2ccc(Cl)cc2C1. The molecular formula is C15H21ClN2O2. The van der Waals surface area contributed by atoms with Crippen molar-refractivity contribution in [2.75, 3.05) is 19.7 Å². The molecule has 0 bridgehead atoms. The van der Waals surface area contributed by atoms with E-state index in [1.165, 1.54) is 0 Å². The van der Waals surface area contributed by atoms with Crippen molar-refractivity contribution in [1.82, 2.24) is 10.6 Å². The van der Waals surface area contributed by atoms with E-state index in [-0.39, 0.29) is 17.9 Å². The predicted octanol–water partition coefficient (Wildman–Crippen LogP) is 2.01. The molecule has 0 aromatic heterocycles. The molecule has 0 fully saturated rings. The number of benzene rings is 1. The molecule has 0 radical (unpaired) electrons. The van der Waals surface area contributed by atoms with Crippen LogP contribution >= 0.6 is 11.6 Å². The zero-order valence-corrected chi connectivity index (χ0v) is 12.7. The third-order valence-electron chi connectivity index (χ3n) is 3.43. The minimum absolute atomic E-state index is 0.0420. The van der Waals surface area contributed by atoms with E-state index < -0.39 is 0 Å². The number of hydrogen-bond donors (Lipinski definition) is 2. The molecule has 4 nitrogen and oxygen atoms in total. The highest BCUT2D eigenvalue weighted by atomic mass is 35.5. The molecule has 1 aliphatic rings. The number of halogens is 1. The monoisotopic (exact) mass is 296 g/mol. The molecule has 2 rings (SSSR count). The van der Waals surface area contributed by atoms with E-state index in [9.17, 15) is 4.79 Å². The third-order valence-corrected chi connectivity index (χ3v) is 3.67. The summed E-state index contributed by atoms with van der Waals surface area (Å²) in [4.78, 5) is 12.1. The molecule has 20 heavy (non-hydrogen) atoms. The van der Waals surface area contributed by atoms with Crippen LogP contribution in [0.3, 0.4) is 0 Å². The second kappa shape index (κ2) is 6.95. The Kier molecular flexibility index (Phi) is 5.26. The van der Waals surface area contributed by atoms with E-state index in [1.54, 1.807) is 6.07 Å². The fourth-order valence-electron chi connectivity index (χ4n) is 2.35. The Labute approximate surface area is 124 Å². The summed E-state index contributed by atoms with van der Waals surface area (Å²) >= 11 is 5.98. The van der Waals surface area contributed by atoms with Crippen molar-refractivity contribution < 1.29 is 9.53 Å². The summed E-state index contributed by atoms with van der Waals surface area (Å²) in [6, 6.07) is 5.81. The topological polar surface area (TPSA) is 50.4 Å². The molecule has 1 unspecified atom stereocenters. The van der Waals surface area contributed by atoms with E-state index >= 15 is 0 Å². The molecule has 1 heterocycles. The van der Waals surface area contributed by atoms with Crippen molar-refractivity contribution in [1.29, 1.82) is 0 Å². The predicted molar refractivity (Wildman–Crippen MR) is 80.3 cm³/mol. The first-order valence-corrected chi connectivity index (χ1v) is 7.40. The first-order valence-electron chi connectivity index (χ1n) is 7.02. The molecule has 1 aromatic carbocycles. The Balaban J connectivity index is 1.90. The second-order valence-electron chi connectivity index (χ2n) is 5.17. The van der Waals surface area contributed by atoms with Crippen molar-refractivity contribution >= 4 is 17.5 Å². The van der Waals surface area contributed by atoms with Gasteiger partial charge in [-0.3, -0.25) is 4.79 Å². The highest BCUT2D eigenvalue weighted by Crippen LogP contribution is 2.29. The molecule has 0 saturated carbocycles. The highest BCUT2D eigenvalue weighted by molar-refractivity contribution is 6.30. The van der Waals surface area contributed by atoms with Crippen LogP contribution in [0.25, 0.3) is 0 Å². The van der Waals surface area contributed by atoms with E-state index in [0.717, 1.165) is 17.9 Å². The van der Waals surface area contributed by atoms with Crippen LogP contribution in [0.2, 0.25) is 5.02 Å². The normalized spacial score (nSPS) is 18.9. The van der Waals surface area contributed by atoms with Gasteiger partial charge >= 0.3 is 0 Å². The molecule has 0 spiro atoms. The van der Waals surface area contributed by atoms with Gasteiger partial charge in [-0.1, -0.05) is 18.5 Å². The number of hydrogen-bond acceptors (Lipinski definition) is 3. The van der Waals surface area contributed by atoms with Gasteiger partial charge in [0.05, 0.1) is 5.92 Å². The fraction of sp³-hybridized carbons (Fsp3) is 0.533. The Morgan fingerprint density at radius 1 is 1.55 bits per heavy atom. The molecule has 0 saturated heterocycles. The van der Waals surface area contributed by atoms with Crippen LogP contribution < -0.4 is 15.4 Å². The summed E-state index contributed by atoms with van der Waals surface area (Å²) in [6.45, 7) is 6.06. The van der Waals surface area contributed by atoms with Gasteiger partial charge in [0.15, 0.2) is 0 Å². The summed E-state index contributed by atoms with van der Waals surface area (Å²) in [5, 5.41) is 6.91. The summed E-state index contributed by atoms with van der Waals surface area (Å²) in [5.74, 6) is 0.731. The van der Waals surface area contributed by atoms with E-state index in [0.29, 0.717) is 24.6 Å². The first-order chi connectivity index (χ1) is 9.60. The van der Waals surface area contributed by atoms with Crippen molar-refractivity contribution in [2.24, 2.45) is 5.92 Å². The van der Waals surface area contributed by atoms with Gasteiger partial charge in [-0.05, 0) is 43.7 Å². The van der Waals surface area contributed by atoms with Gasteiger partial charge in [0.2, 0.25) is 5.91 Å². The van der Waals surface area contributed by atoms with Crippen LogP contribution in [-0.2, 0) is 11.2 Å². The Morgan fingerprint density at radius 2 is 2.35 bits per heavy atom. The largest absolute Gasteiger partial charge is 0.492 e. The fourth-order valence-corrected chi connectivity index (χ4v) is 2.54. The minimum atomic E-state index is -0.144. The Morgan fingerprint density at radius 3 is 3.10 bits per heavy atom. The number of ether oxygens (including phenoxy) is 1. The van der Waals surface area contributed by atoms with Crippen LogP contribution in [0.15, 0.2) is 18.2 Å². The third kappa shape index (κ3) is 3.87. The van der Waals surface area contributed by atoms with E-state index in [4.69, 9.17) is 16.3 Å². The number of rotatable bonds is 5. The summed E-state index contributed by atoms with van der Waals surface area (Å²) in [7, 11) is 0. The van der Waals surface area contributed by atoms with Gasteiger partial charge in [-0.25, -0.2) is 0 Å². The smallest absolute Gasteiger partial charge is 0.226 e. The molecule has 0 aliphatic carbocycles.